The molecule has 1 aliphatic rings. The molecule has 2 heterocycles. The van der Waals surface area contributed by atoms with Crippen molar-refractivity contribution in [3.63, 3.8) is 0 Å². The molecule has 4 rings (SSSR count). The highest BCUT2D eigenvalue weighted by molar-refractivity contribution is 5.74. The fourth-order valence-electron chi connectivity index (χ4n) is 3.66. The number of piperazine rings is 1. The summed E-state index contributed by atoms with van der Waals surface area (Å²) in [5.41, 5.74) is 1.61. The molecule has 0 saturated carbocycles. The van der Waals surface area contributed by atoms with Gasteiger partial charge in [0.2, 0.25) is 0 Å². The van der Waals surface area contributed by atoms with E-state index in [1.807, 2.05) is 25.1 Å². The molecule has 168 valence electrons. The van der Waals surface area contributed by atoms with Crippen molar-refractivity contribution in [1.29, 1.82) is 0 Å². The lowest BCUT2D eigenvalue weighted by atomic mass is 10.2. The van der Waals surface area contributed by atoms with Gasteiger partial charge in [-0.3, -0.25) is 0 Å². The minimum absolute atomic E-state index is 0.144. The van der Waals surface area contributed by atoms with Crippen LogP contribution in [0.5, 0.6) is 5.75 Å². The van der Waals surface area contributed by atoms with E-state index in [2.05, 4.69) is 20.3 Å². The second-order valence-electron chi connectivity index (χ2n) is 7.43. The van der Waals surface area contributed by atoms with Crippen LogP contribution in [0.3, 0.4) is 0 Å². The van der Waals surface area contributed by atoms with E-state index in [1.54, 1.807) is 23.0 Å². The number of benzene rings is 2. The lowest BCUT2D eigenvalue weighted by Gasteiger charge is -2.36. The van der Waals surface area contributed by atoms with Gasteiger partial charge >= 0.3 is 6.03 Å². The topological polar surface area (TPSA) is 75.5 Å². The van der Waals surface area contributed by atoms with Gasteiger partial charge < -0.3 is 19.9 Å². The Labute approximate surface area is 184 Å². The van der Waals surface area contributed by atoms with Crippen molar-refractivity contribution in [2.75, 3.05) is 38.2 Å². The van der Waals surface area contributed by atoms with Crippen LogP contribution in [0.4, 0.5) is 19.3 Å². The summed E-state index contributed by atoms with van der Waals surface area (Å²) < 4.78 is 34.7. The SMILES string of the molecule is COc1cc(N2CCN(C(=O)NCc3c(F)cccc3F)CC2)ccc1-n1cnc(C)n1. The number of methoxy groups -OCH3 is 1. The Hall–Kier alpha value is -3.69. The summed E-state index contributed by atoms with van der Waals surface area (Å²) in [4.78, 5) is 20.4. The van der Waals surface area contributed by atoms with E-state index in [4.69, 9.17) is 4.74 Å². The molecule has 1 N–H and O–H groups in total. The third kappa shape index (κ3) is 4.48. The van der Waals surface area contributed by atoms with E-state index in [9.17, 15) is 13.6 Å². The smallest absolute Gasteiger partial charge is 0.317 e. The van der Waals surface area contributed by atoms with Gasteiger partial charge in [0, 0.05) is 43.5 Å². The molecule has 32 heavy (non-hydrogen) atoms. The van der Waals surface area contributed by atoms with E-state index in [1.165, 1.54) is 18.2 Å². The van der Waals surface area contributed by atoms with Crippen molar-refractivity contribution in [3.8, 4) is 11.4 Å². The Balaban J connectivity index is 1.36. The van der Waals surface area contributed by atoms with Gasteiger partial charge in [-0.25, -0.2) is 23.2 Å². The molecule has 2 amide bonds. The molecule has 0 radical (unpaired) electrons. The number of nitrogens with one attached hydrogen (secondary N) is 1. The zero-order chi connectivity index (χ0) is 22.7. The molecule has 1 aromatic heterocycles. The van der Waals surface area contributed by atoms with Gasteiger partial charge in [0.1, 0.15) is 35.2 Å². The first-order chi connectivity index (χ1) is 15.5. The average Bonchev–Trinajstić information content (AvgIpc) is 3.24. The zero-order valence-electron chi connectivity index (χ0n) is 17.9. The van der Waals surface area contributed by atoms with E-state index >= 15 is 0 Å². The Morgan fingerprint density at radius 2 is 1.84 bits per heavy atom. The van der Waals surface area contributed by atoms with Gasteiger partial charge in [-0.05, 0) is 31.2 Å². The van der Waals surface area contributed by atoms with Crippen LogP contribution in [0.15, 0.2) is 42.7 Å². The maximum Gasteiger partial charge on any atom is 0.317 e. The largest absolute Gasteiger partial charge is 0.494 e. The van der Waals surface area contributed by atoms with E-state index in [0.29, 0.717) is 37.8 Å². The third-order valence-electron chi connectivity index (χ3n) is 5.43. The maximum absolute atomic E-state index is 13.8. The van der Waals surface area contributed by atoms with Crippen molar-refractivity contribution < 1.29 is 18.3 Å². The molecule has 0 bridgehead atoms. The highest BCUT2D eigenvalue weighted by Gasteiger charge is 2.22. The standard InChI is InChI=1S/C22H24F2N6O2/c1-15-26-14-30(27-15)20-7-6-16(12-21(20)32-2)28-8-10-29(11-9-28)22(31)25-13-17-18(23)4-3-5-19(17)24/h3-7,12,14H,8-11,13H2,1-2H3,(H,25,31). The Morgan fingerprint density at radius 3 is 2.47 bits per heavy atom. The second-order valence-corrected chi connectivity index (χ2v) is 7.43. The van der Waals surface area contributed by atoms with Crippen molar-refractivity contribution >= 4 is 11.7 Å². The van der Waals surface area contributed by atoms with E-state index in [0.717, 1.165) is 11.4 Å². The minimum Gasteiger partial charge on any atom is -0.494 e. The molecule has 1 aliphatic heterocycles. The summed E-state index contributed by atoms with van der Waals surface area (Å²) >= 11 is 0. The van der Waals surface area contributed by atoms with Crippen LogP contribution < -0.4 is 15.0 Å². The fourth-order valence-corrected chi connectivity index (χ4v) is 3.66. The number of urea groups is 1. The number of hydrogen-bond donors (Lipinski definition) is 1. The number of hydrogen-bond acceptors (Lipinski definition) is 5. The number of aryl methyl sites for hydroxylation is 1. The Morgan fingerprint density at radius 1 is 1.12 bits per heavy atom. The molecular formula is C22H24F2N6O2. The van der Waals surface area contributed by atoms with Crippen molar-refractivity contribution in [1.82, 2.24) is 25.0 Å². The molecule has 0 unspecified atom stereocenters. The molecule has 3 aromatic rings. The first kappa shape index (κ1) is 21.5. The molecular weight excluding hydrogens is 418 g/mol. The minimum atomic E-state index is -0.673. The highest BCUT2D eigenvalue weighted by atomic mass is 19.1. The number of aromatic nitrogens is 3. The summed E-state index contributed by atoms with van der Waals surface area (Å²) in [7, 11) is 1.60. The van der Waals surface area contributed by atoms with Crippen LogP contribution in [0.1, 0.15) is 11.4 Å². The van der Waals surface area contributed by atoms with Gasteiger partial charge in [-0.1, -0.05) is 6.07 Å². The number of nitrogens with zero attached hydrogens (tertiary/aromatic N) is 5. The monoisotopic (exact) mass is 442 g/mol. The van der Waals surface area contributed by atoms with Gasteiger partial charge in [0.25, 0.3) is 0 Å². The number of halogens is 2. The molecule has 8 nitrogen and oxygen atoms in total. The third-order valence-corrected chi connectivity index (χ3v) is 5.43. The molecule has 1 saturated heterocycles. The molecule has 2 aromatic carbocycles. The molecule has 0 atom stereocenters. The first-order valence-electron chi connectivity index (χ1n) is 10.2. The van der Waals surface area contributed by atoms with Crippen LogP contribution >= 0.6 is 0 Å². The van der Waals surface area contributed by atoms with Gasteiger partial charge in [-0.2, -0.15) is 5.10 Å². The van der Waals surface area contributed by atoms with E-state index in [-0.39, 0.29) is 18.1 Å². The Kier molecular flexibility index (Phi) is 6.20. The summed E-state index contributed by atoms with van der Waals surface area (Å²) in [6.07, 6.45) is 1.64. The fraction of sp³-hybridized carbons (Fsp3) is 0.318. The number of amides is 2. The van der Waals surface area contributed by atoms with Gasteiger partial charge in [0.15, 0.2) is 0 Å². The first-order valence-corrected chi connectivity index (χ1v) is 10.2. The predicted octanol–water partition coefficient (Wildman–Crippen LogP) is 2.89. The van der Waals surface area contributed by atoms with Crippen LogP contribution in [-0.4, -0.2) is 59.0 Å². The predicted molar refractivity (Wildman–Crippen MR) is 115 cm³/mol. The van der Waals surface area contributed by atoms with Crippen molar-refractivity contribution in [2.24, 2.45) is 0 Å². The number of carbonyl (C=O) groups is 1. The summed E-state index contributed by atoms with van der Waals surface area (Å²) in [5.74, 6) is -0.00936. The lowest BCUT2D eigenvalue weighted by Crippen LogP contribution is -2.51. The number of ether oxygens (including phenoxy) is 1. The second kappa shape index (κ2) is 9.21. The quantitative estimate of drug-likeness (QED) is 0.658. The van der Waals surface area contributed by atoms with Crippen molar-refractivity contribution in [2.45, 2.75) is 13.5 Å². The van der Waals surface area contributed by atoms with Crippen LogP contribution in [-0.2, 0) is 6.54 Å². The Bertz CT molecular complexity index is 1090. The summed E-state index contributed by atoms with van der Waals surface area (Å²) in [6, 6.07) is 9.13. The van der Waals surface area contributed by atoms with E-state index < -0.39 is 11.6 Å². The normalized spacial score (nSPS) is 13.9. The maximum atomic E-state index is 13.8. The van der Waals surface area contributed by atoms with Crippen LogP contribution in [0.25, 0.3) is 5.69 Å². The summed E-state index contributed by atoms with van der Waals surface area (Å²) in [6.45, 7) is 3.83. The summed E-state index contributed by atoms with van der Waals surface area (Å²) in [5, 5.41) is 6.93. The molecule has 1 fully saturated rings. The number of carbonyl (C=O) groups excluding carboxylic acids is 1. The zero-order valence-corrected chi connectivity index (χ0v) is 17.9. The van der Waals surface area contributed by atoms with Crippen LogP contribution in [0.2, 0.25) is 0 Å². The molecule has 10 heteroatoms. The highest BCUT2D eigenvalue weighted by Crippen LogP contribution is 2.29. The van der Waals surface area contributed by atoms with Gasteiger partial charge in [0.05, 0.1) is 13.7 Å². The number of anilines is 1. The molecule has 0 aliphatic carbocycles. The number of rotatable bonds is 5. The van der Waals surface area contributed by atoms with Crippen molar-refractivity contribution in [3.05, 3.63) is 65.7 Å². The van der Waals surface area contributed by atoms with Gasteiger partial charge in [-0.15, -0.1) is 0 Å². The molecule has 0 spiro atoms. The average molecular weight is 442 g/mol. The van der Waals surface area contributed by atoms with Crippen LogP contribution in [0, 0.1) is 18.6 Å². The lowest BCUT2D eigenvalue weighted by molar-refractivity contribution is 0.193.